The van der Waals surface area contributed by atoms with Gasteiger partial charge >= 0.3 is 6.36 Å². The van der Waals surface area contributed by atoms with Crippen LogP contribution in [-0.2, 0) is 0 Å². The van der Waals surface area contributed by atoms with E-state index < -0.39 is 12.1 Å². The van der Waals surface area contributed by atoms with Gasteiger partial charge in [0.1, 0.15) is 28.8 Å². The minimum absolute atomic E-state index is 0.150. The van der Waals surface area contributed by atoms with Gasteiger partial charge in [0.25, 0.3) is 5.91 Å². The van der Waals surface area contributed by atoms with Gasteiger partial charge in [-0.15, -0.1) is 13.2 Å². The summed E-state index contributed by atoms with van der Waals surface area (Å²) in [6, 6.07) is 16.6. The number of fused-ring (bicyclic) bond motifs is 1. The molecule has 0 N–H and O–H groups in total. The quantitative estimate of drug-likeness (QED) is 0.262. The fourth-order valence-electron chi connectivity index (χ4n) is 4.90. The number of benzene rings is 2. The number of halogens is 3. The third-order valence-corrected chi connectivity index (χ3v) is 6.77. The van der Waals surface area contributed by atoms with Crippen LogP contribution in [0.1, 0.15) is 33.7 Å². The molecule has 0 bridgehead atoms. The Kier molecular flexibility index (Phi) is 6.91. The van der Waals surface area contributed by atoms with Crippen LogP contribution >= 0.6 is 0 Å². The fraction of sp³-hybridized carbons (Fsp3) is 0.241. The number of pyridine rings is 1. The molecule has 12 heteroatoms. The second-order valence-corrected chi connectivity index (χ2v) is 9.58. The van der Waals surface area contributed by atoms with Crippen molar-refractivity contribution < 1.29 is 31.5 Å². The highest BCUT2D eigenvalue weighted by Gasteiger charge is 2.32. The van der Waals surface area contributed by atoms with E-state index in [4.69, 9.17) is 8.83 Å². The van der Waals surface area contributed by atoms with Crippen molar-refractivity contribution in [2.75, 3.05) is 26.2 Å². The van der Waals surface area contributed by atoms with Crippen LogP contribution in [0.25, 0.3) is 22.6 Å². The summed E-state index contributed by atoms with van der Waals surface area (Å²) in [6.07, 6.45) is -1.64. The van der Waals surface area contributed by atoms with Gasteiger partial charge in [0.2, 0.25) is 11.8 Å². The summed E-state index contributed by atoms with van der Waals surface area (Å²) < 4.78 is 53.3. The van der Waals surface area contributed by atoms with Gasteiger partial charge in [-0.1, -0.05) is 30.3 Å². The zero-order valence-corrected chi connectivity index (χ0v) is 21.8. The van der Waals surface area contributed by atoms with Gasteiger partial charge < -0.3 is 18.5 Å². The van der Waals surface area contributed by atoms with Crippen LogP contribution in [0.5, 0.6) is 5.75 Å². The first kappa shape index (κ1) is 26.5. The first-order chi connectivity index (χ1) is 19.7. The molecule has 210 valence electrons. The summed E-state index contributed by atoms with van der Waals surface area (Å²) in [6.45, 7) is 3.99. The summed E-state index contributed by atoms with van der Waals surface area (Å²) >= 11 is 0. The molecular formula is C29H24F3N5O4. The van der Waals surface area contributed by atoms with E-state index in [1.807, 2.05) is 37.3 Å². The Balaban J connectivity index is 1.17. The first-order valence-electron chi connectivity index (χ1n) is 12.9. The summed E-state index contributed by atoms with van der Waals surface area (Å²) in [4.78, 5) is 30.4. The minimum atomic E-state index is -4.82. The molecule has 4 heterocycles. The molecule has 0 spiro atoms. The van der Waals surface area contributed by atoms with Crippen molar-refractivity contribution in [1.29, 1.82) is 0 Å². The normalized spacial score (nSPS) is 15.3. The Labute approximate surface area is 232 Å². The maximum absolute atomic E-state index is 13.4. The lowest BCUT2D eigenvalue weighted by Crippen LogP contribution is -2.50. The van der Waals surface area contributed by atoms with Crippen molar-refractivity contribution in [1.82, 2.24) is 24.8 Å². The van der Waals surface area contributed by atoms with Crippen LogP contribution < -0.4 is 4.74 Å². The van der Waals surface area contributed by atoms with Gasteiger partial charge in [-0.25, -0.2) is 9.97 Å². The summed E-state index contributed by atoms with van der Waals surface area (Å²) in [5.41, 5.74) is 2.21. The van der Waals surface area contributed by atoms with Crippen molar-refractivity contribution in [3.8, 4) is 17.2 Å². The van der Waals surface area contributed by atoms with Gasteiger partial charge in [0.05, 0.1) is 6.20 Å². The number of carbonyl (C=O) groups is 1. The second-order valence-electron chi connectivity index (χ2n) is 9.58. The third kappa shape index (κ3) is 5.78. The van der Waals surface area contributed by atoms with Gasteiger partial charge in [-0.2, -0.15) is 0 Å². The van der Waals surface area contributed by atoms with Crippen molar-refractivity contribution >= 4 is 17.0 Å². The number of ether oxygens (including phenoxy) is 1. The molecule has 5 aromatic rings. The molecule has 0 radical (unpaired) electrons. The number of rotatable bonds is 6. The summed E-state index contributed by atoms with van der Waals surface area (Å²) in [5.74, 6) is 0.846. The smallest absolute Gasteiger partial charge is 0.444 e. The highest BCUT2D eigenvalue weighted by molar-refractivity contribution is 5.93. The van der Waals surface area contributed by atoms with E-state index in [0.717, 1.165) is 23.5 Å². The van der Waals surface area contributed by atoms with Gasteiger partial charge in [-0.3, -0.25) is 14.7 Å². The molecule has 2 aromatic carbocycles. The molecule has 41 heavy (non-hydrogen) atoms. The average molecular weight is 564 g/mol. The van der Waals surface area contributed by atoms with Gasteiger partial charge in [-0.05, 0) is 36.8 Å². The summed E-state index contributed by atoms with van der Waals surface area (Å²) in [7, 11) is 0. The van der Waals surface area contributed by atoms with Crippen molar-refractivity contribution in [3.05, 3.63) is 96.0 Å². The summed E-state index contributed by atoms with van der Waals surface area (Å²) in [5, 5.41) is 0. The van der Waals surface area contributed by atoms with E-state index in [2.05, 4.69) is 24.6 Å². The molecule has 1 aliphatic heterocycles. The lowest BCUT2D eigenvalue weighted by Gasteiger charge is -2.38. The lowest BCUT2D eigenvalue weighted by atomic mass is 10.0. The zero-order valence-electron chi connectivity index (χ0n) is 21.8. The number of hydrogen-bond acceptors (Lipinski definition) is 8. The van der Waals surface area contributed by atoms with Gasteiger partial charge in [0.15, 0.2) is 5.58 Å². The molecule has 0 aliphatic carbocycles. The van der Waals surface area contributed by atoms with Crippen molar-refractivity contribution in [2.45, 2.75) is 19.3 Å². The fourth-order valence-corrected chi connectivity index (χ4v) is 4.90. The predicted molar refractivity (Wildman–Crippen MR) is 141 cm³/mol. The maximum atomic E-state index is 13.4. The van der Waals surface area contributed by atoms with Crippen LogP contribution in [0.3, 0.4) is 0 Å². The number of nitrogens with zero attached hydrogens (tertiary/aromatic N) is 5. The third-order valence-electron chi connectivity index (χ3n) is 6.77. The standard InChI is InChI=1S/C29H24F3N5O4/c1-18-17-34-27(39-18)25(19-5-3-2-4-6-19)36-11-13-37(14-12-36)28(38)23-15-20(9-10-33-23)26-35-22-16-21(41-29(30,31)32)7-8-24(22)40-26/h2-10,15-17,25H,11-14H2,1H3. The Morgan fingerprint density at radius 1 is 0.976 bits per heavy atom. The lowest BCUT2D eigenvalue weighted by molar-refractivity contribution is -0.274. The van der Waals surface area contributed by atoms with Crippen LogP contribution in [0.4, 0.5) is 13.2 Å². The number of carbonyl (C=O) groups excluding carboxylic acids is 1. The molecule has 1 atom stereocenters. The molecule has 1 fully saturated rings. The Morgan fingerprint density at radius 3 is 2.46 bits per heavy atom. The Morgan fingerprint density at radius 2 is 1.76 bits per heavy atom. The van der Waals surface area contributed by atoms with Crippen molar-refractivity contribution in [2.24, 2.45) is 0 Å². The first-order valence-corrected chi connectivity index (χ1v) is 12.9. The van der Waals surface area contributed by atoms with E-state index in [1.54, 1.807) is 23.2 Å². The van der Waals surface area contributed by atoms with Crippen LogP contribution in [0, 0.1) is 6.92 Å². The molecule has 6 rings (SSSR count). The number of piperazine rings is 1. The maximum Gasteiger partial charge on any atom is 0.573 e. The average Bonchev–Trinajstić information content (AvgIpc) is 3.59. The number of aromatic nitrogens is 3. The zero-order chi connectivity index (χ0) is 28.6. The van der Waals surface area contributed by atoms with E-state index in [-0.39, 0.29) is 34.6 Å². The largest absolute Gasteiger partial charge is 0.573 e. The van der Waals surface area contributed by atoms with E-state index in [0.29, 0.717) is 37.6 Å². The number of aryl methyl sites for hydroxylation is 1. The minimum Gasteiger partial charge on any atom is -0.444 e. The van der Waals surface area contributed by atoms with Crippen LogP contribution in [0.2, 0.25) is 0 Å². The van der Waals surface area contributed by atoms with E-state index >= 15 is 0 Å². The van der Waals surface area contributed by atoms with Crippen LogP contribution in [-0.4, -0.2) is 63.2 Å². The molecule has 3 aromatic heterocycles. The number of amides is 1. The molecule has 1 aliphatic rings. The number of alkyl halides is 3. The van der Waals surface area contributed by atoms with E-state index in [9.17, 15) is 18.0 Å². The van der Waals surface area contributed by atoms with Gasteiger partial charge in [0, 0.05) is 44.0 Å². The van der Waals surface area contributed by atoms with Crippen LogP contribution in [0.15, 0.2) is 81.9 Å². The number of hydrogen-bond donors (Lipinski definition) is 0. The molecule has 1 saturated heterocycles. The second kappa shape index (κ2) is 10.7. The highest BCUT2D eigenvalue weighted by Crippen LogP contribution is 2.31. The molecule has 1 unspecified atom stereocenters. The predicted octanol–water partition coefficient (Wildman–Crippen LogP) is 5.63. The molecule has 9 nitrogen and oxygen atoms in total. The SMILES string of the molecule is Cc1cnc(C(c2ccccc2)N2CCN(C(=O)c3cc(-c4nc5cc(OC(F)(F)F)ccc5o4)ccn3)CC2)o1. The number of oxazole rings is 2. The molecule has 1 amide bonds. The molecule has 0 saturated carbocycles. The van der Waals surface area contributed by atoms with E-state index in [1.165, 1.54) is 12.3 Å². The Bertz CT molecular complexity index is 1680. The highest BCUT2D eigenvalue weighted by atomic mass is 19.4. The topological polar surface area (TPSA) is 97.7 Å². The molecular weight excluding hydrogens is 539 g/mol. The Hall–Kier alpha value is -4.71. The monoisotopic (exact) mass is 563 g/mol. The van der Waals surface area contributed by atoms with Crippen molar-refractivity contribution in [3.63, 3.8) is 0 Å².